The zero-order valence-corrected chi connectivity index (χ0v) is 16.9. The lowest BCUT2D eigenvalue weighted by atomic mass is 9.97. The first-order valence-electron chi connectivity index (χ1n) is 11.0. The highest BCUT2D eigenvalue weighted by molar-refractivity contribution is 5.75. The molecule has 0 rings (SSSR count). The third kappa shape index (κ3) is 17.8. The van der Waals surface area contributed by atoms with Gasteiger partial charge in [0, 0.05) is 17.9 Å². The first-order valence-corrected chi connectivity index (χ1v) is 11.0. The van der Waals surface area contributed by atoms with E-state index >= 15 is 0 Å². The van der Waals surface area contributed by atoms with Crippen LogP contribution in [0.3, 0.4) is 0 Å². The van der Waals surface area contributed by atoms with Crippen molar-refractivity contribution in [1.82, 2.24) is 0 Å². The van der Waals surface area contributed by atoms with Crippen molar-refractivity contribution in [1.29, 1.82) is 0 Å². The Bertz CT molecular complexity index is 341. The summed E-state index contributed by atoms with van der Waals surface area (Å²) in [6.07, 6.45) is 20.3. The van der Waals surface area contributed by atoms with Crippen LogP contribution in [0.1, 0.15) is 122 Å². The molecule has 0 amide bonds. The molecule has 4 heteroatoms. The summed E-state index contributed by atoms with van der Waals surface area (Å²) in [7, 11) is 0. The van der Waals surface area contributed by atoms with Crippen molar-refractivity contribution in [2.45, 2.75) is 122 Å². The zero-order chi connectivity index (χ0) is 19.5. The van der Waals surface area contributed by atoms with Crippen LogP contribution in [0.5, 0.6) is 0 Å². The predicted octanol–water partition coefficient (Wildman–Crippen LogP) is 4.14. The van der Waals surface area contributed by atoms with Gasteiger partial charge in [-0.05, 0) is 12.8 Å². The van der Waals surface area contributed by atoms with Gasteiger partial charge < -0.3 is 19.8 Å². The SMILES string of the molecule is CCCCCCCCCCCCCCCCCCC(CC(=O)[O-])C(=O)[O-]. The molecule has 1 atom stereocenters. The standard InChI is InChI=1S/C22H42O4/c1-2-3-4-5-6-7-8-9-10-11-12-13-14-15-16-17-18-20(22(25)26)19-21(23)24/h20H,2-19H2,1H3,(H,23,24)(H,25,26)/p-2. The quantitative estimate of drug-likeness (QED) is 0.302. The minimum atomic E-state index is -1.31. The van der Waals surface area contributed by atoms with Crippen LogP contribution in [0.15, 0.2) is 0 Å². The average molecular weight is 369 g/mol. The maximum atomic E-state index is 10.8. The van der Waals surface area contributed by atoms with Crippen LogP contribution < -0.4 is 10.2 Å². The number of carboxylic acids is 2. The molecule has 0 heterocycles. The molecule has 154 valence electrons. The highest BCUT2D eigenvalue weighted by Gasteiger charge is 2.09. The Morgan fingerprint density at radius 3 is 1.27 bits per heavy atom. The van der Waals surface area contributed by atoms with Crippen molar-refractivity contribution >= 4 is 11.9 Å². The number of carbonyl (C=O) groups is 2. The van der Waals surface area contributed by atoms with Crippen molar-refractivity contribution in [3.8, 4) is 0 Å². The molecule has 0 saturated heterocycles. The van der Waals surface area contributed by atoms with E-state index in [1.807, 2.05) is 0 Å². The van der Waals surface area contributed by atoms with Gasteiger partial charge in [-0.2, -0.15) is 0 Å². The largest absolute Gasteiger partial charge is 0.550 e. The van der Waals surface area contributed by atoms with Crippen LogP contribution in [-0.2, 0) is 9.59 Å². The van der Waals surface area contributed by atoms with Crippen molar-refractivity contribution in [2.75, 3.05) is 0 Å². The molecule has 0 aliphatic carbocycles. The Morgan fingerprint density at radius 2 is 0.962 bits per heavy atom. The van der Waals surface area contributed by atoms with Crippen LogP contribution in [0.4, 0.5) is 0 Å². The Morgan fingerprint density at radius 1 is 0.615 bits per heavy atom. The summed E-state index contributed by atoms with van der Waals surface area (Å²) in [4.78, 5) is 21.3. The second-order valence-corrected chi connectivity index (χ2v) is 7.68. The molecule has 0 aliphatic rings. The lowest BCUT2D eigenvalue weighted by Crippen LogP contribution is -2.36. The van der Waals surface area contributed by atoms with Crippen molar-refractivity contribution in [3.05, 3.63) is 0 Å². The monoisotopic (exact) mass is 368 g/mol. The Kier molecular flexibility index (Phi) is 18.0. The number of rotatable bonds is 20. The molecule has 0 spiro atoms. The van der Waals surface area contributed by atoms with Crippen LogP contribution in [-0.4, -0.2) is 11.9 Å². The third-order valence-electron chi connectivity index (χ3n) is 5.15. The van der Waals surface area contributed by atoms with Gasteiger partial charge in [-0.1, -0.05) is 110 Å². The normalized spacial score (nSPS) is 12.2. The van der Waals surface area contributed by atoms with E-state index < -0.39 is 24.3 Å². The predicted molar refractivity (Wildman–Crippen MR) is 102 cm³/mol. The van der Waals surface area contributed by atoms with Crippen molar-refractivity contribution < 1.29 is 19.8 Å². The summed E-state index contributed by atoms with van der Waals surface area (Å²) in [5, 5.41) is 21.3. The van der Waals surface area contributed by atoms with Crippen LogP contribution in [0.2, 0.25) is 0 Å². The lowest BCUT2D eigenvalue weighted by Gasteiger charge is -2.18. The van der Waals surface area contributed by atoms with E-state index in [4.69, 9.17) is 0 Å². The molecular formula is C22H40O4-2. The number of hydrogen-bond donors (Lipinski definition) is 0. The van der Waals surface area contributed by atoms with Gasteiger partial charge in [0.1, 0.15) is 0 Å². The molecule has 0 fully saturated rings. The van der Waals surface area contributed by atoms with Gasteiger partial charge in [0.25, 0.3) is 0 Å². The average Bonchev–Trinajstić information content (AvgIpc) is 2.59. The molecule has 1 unspecified atom stereocenters. The summed E-state index contributed by atoms with van der Waals surface area (Å²) in [5.74, 6) is -3.47. The fourth-order valence-electron chi connectivity index (χ4n) is 3.44. The number of unbranched alkanes of at least 4 members (excludes halogenated alkanes) is 15. The molecule has 0 N–H and O–H groups in total. The summed E-state index contributed by atoms with van der Waals surface area (Å²) in [5.41, 5.74) is 0. The van der Waals surface area contributed by atoms with E-state index in [0.29, 0.717) is 6.42 Å². The molecule has 0 aromatic heterocycles. The van der Waals surface area contributed by atoms with Gasteiger partial charge in [-0.25, -0.2) is 0 Å². The first-order chi connectivity index (χ1) is 12.6. The molecular weight excluding hydrogens is 328 g/mol. The first kappa shape index (κ1) is 24.9. The van der Waals surface area contributed by atoms with E-state index in [2.05, 4.69) is 6.92 Å². The summed E-state index contributed by atoms with van der Waals surface area (Å²) in [6.45, 7) is 2.26. The Hall–Kier alpha value is -1.06. The molecule has 4 nitrogen and oxygen atoms in total. The Balaban J connectivity index is 3.26. The van der Waals surface area contributed by atoms with Gasteiger partial charge in [0.15, 0.2) is 0 Å². The van der Waals surface area contributed by atoms with Crippen LogP contribution in [0, 0.1) is 5.92 Å². The van der Waals surface area contributed by atoms with E-state index in [-0.39, 0.29) is 0 Å². The van der Waals surface area contributed by atoms with Gasteiger partial charge >= 0.3 is 0 Å². The summed E-state index contributed by atoms with van der Waals surface area (Å²) < 4.78 is 0. The van der Waals surface area contributed by atoms with Crippen molar-refractivity contribution in [2.24, 2.45) is 5.92 Å². The van der Waals surface area contributed by atoms with Gasteiger partial charge in [-0.15, -0.1) is 0 Å². The number of hydrogen-bond acceptors (Lipinski definition) is 4. The number of carbonyl (C=O) groups excluding carboxylic acids is 2. The Labute approximate surface area is 160 Å². The minimum absolute atomic E-state index is 0.384. The fourth-order valence-corrected chi connectivity index (χ4v) is 3.44. The second kappa shape index (κ2) is 18.7. The maximum absolute atomic E-state index is 10.8. The van der Waals surface area contributed by atoms with Crippen molar-refractivity contribution in [3.63, 3.8) is 0 Å². The highest BCUT2D eigenvalue weighted by Crippen LogP contribution is 2.16. The smallest absolute Gasteiger partial charge is 0.0449 e. The van der Waals surface area contributed by atoms with E-state index in [0.717, 1.165) is 19.3 Å². The van der Waals surface area contributed by atoms with E-state index in [9.17, 15) is 19.8 Å². The zero-order valence-electron chi connectivity index (χ0n) is 16.9. The van der Waals surface area contributed by atoms with Gasteiger partial charge in [-0.3, -0.25) is 0 Å². The van der Waals surface area contributed by atoms with Crippen LogP contribution >= 0.6 is 0 Å². The molecule has 0 aliphatic heterocycles. The third-order valence-corrected chi connectivity index (χ3v) is 5.15. The second-order valence-electron chi connectivity index (χ2n) is 7.68. The maximum Gasteiger partial charge on any atom is 0.0449 e. The molecule has 0 radical (unpaired) electrons. The summed E-state index contributed by atoms with van der Waals surface area (Å²) in [6, 6.07) is 0. The molecule has 0 bridgehead atoms. The number of aliphatic carboxylic acids is 2. The van der Waals surface area contributed by atoms with E-state index in [1.54, 1.807) is 0 Å². The molecule has 26 heavy (non-hydrogen) atoms. The topological polar surface area (TPSA) is 80.3 Å². The van der Waals surface area contributed by atoms with E-state index in [1.165, 1.54) is 83.5 Å². The molecule has 0 aromatic rings. The molecule has 0 saturated carbocycles. The fraction of sp³-hybridized carbons (Fsp3) is 0.909. The lowest BCUT2D eigenvalue weighted by molar-refractivity contribution is -0.321. The number of carboxylic acid groups (broad SMARTS) is 2. The van der Waals surface area contributed by atoms with Crippen LogP contribution in [0.25, 0.3) is 0 Å². The van der Waals surface area contributed by atoms with Gasteiger partial charge in [0.05, 0.1) is 0 Å². The summed E-state index contributed by atoms with van der Waals surface area (Å²) >= 11 is 0. The molecule has 0 aromatic carbocycles. The van der Waals surface area contributed by atoms with Gasteiger partial charge in [0.2, 0.25) is 0 Å². The highest BCUT2D eigenvalue weighted by atomic mass is 16.4. The minimum Gasteiger partial charge on any atom is -0.550 e.